The Labute approximate surface area is 313 Å². The number of esters is 1. The van der Waals surface area contributed by atoms with Crippen LogP contribution in [0.5, 0.6) is 5.75 Å². The van der Waals surface area contributed by atoms with E-state index in [0.717, 1.165) is 42.4 Å². The van der Waals surface area contributed by atoms with Crippen molar-refractivity contribution in [1.29, 1.82) is 0 Å². The topological polar surface area (TPSA) is 156 Å². The lowest BCUT2D eigenvalue weighted by atomic mass is 9.62. The van der Waals surface area contributed by atoms with Gasteiger partial charge in [-0.2, -0.15) is 5.06 Å². The second kappa shape index (κ2) is 13.9. The summed E-state index contributed by atoms with van der Waals surface area (Å²) in [6, 6.07) is 21.1. The van der Waals surface area contributed by atoms with Gasteiger partial charge in [-0.15, -0.1) is 0 Å². The second-order valence-electron chi connectivity index (χ2n) is 15.5. The number of hydroxylamine groups is 2. The number of phenolic OH excluding ortho intramolecular Hbond substituents is 1. The molecule has 12 nitrogen and oxygen atoms in total. The summed E-state index contributed by atoms with van der Waals surface area (Å²) in [7, 11) is 0. The van der Waals surface area contributed by atoms with Crippen LogP contribution < -0.4 is 10.6 Å². The number of allylic oxidation sites excluding steroid dienone is 1. The third-order valence-electron chi connectivity index (χ3n) is 11.9. The van der Waals surface area contributed by atoms with Gasteiger partial charge in [0.1, 0.15) is 35.6 Å². The van der Waals surface area contributed by atoms with Gasteiger partial charge >= 0.3 is 5.97 Å². The number of carbonyl (C=O) groups excluding carboxylic acids is 3. The van der Waals surface area contributed by atoms with Crippen molar-refractivity contribution in [2.24, 2.45) is 17.3 Å². The Balaban J connectivity index is 0.976. The largest absolute Gasteiger partial charge is 0.508 e. The van der Waals surface area contributed by atoms with Crippen LogP contribution in [0.2, 0.25) is 0 Å². The van der Waals surface area contributed by atoms with E-state index in [9.17, 15) is 19.5 Å². The highest BCUT2D eigenvalue weighted by Crippen LogP contribution is 2.63. The van der Waals surface area contributed by atoms with Crippen molar-refractivity contribution in [2.75, 3.05) is 13.2 Å². The normalized spacial score (nSPS) is 29.5. The first-order valence-corrected chi connectivity index (χ1v) is 19.1. The molecule has 6 atom stereocenters. The molecule has 6 fully saturated rings. The van der Waals surface area contributed by atoms with Crippen LogP contribution in [0.4, 0.5) is 0 Å². The van der Waals surface area contributed by atoms with Gasteiger partial charge in [0.25, 0.3) is 5.91 Å². The summed E-state index contributed by atoms with van der Waals surface area (Å²) in [4.78, 5) is 48.2. The third-order valence-corrected chi connectivity index (χ3v) is 11.9. The van der Waals surface area contributed by atoms with Gasteiger partial charge in [0.05, 0.1) is 13.2 Å². The highest BCUT2D eigenvalue weighted by atomic mass is 16.8. The summed E-state index contributed by atoms with van der Waals surface area (Å²) < 4.78 is 20.0. The Bertz CT molecular complexity index is 1950. The average Bonchev–Trinajstić information content (AvgIpc) is 4.13. The van der Waals surface area contributed by atoms with Crippen LogP contribution in [-0.2, 0) is 48.1 Å². The van der Waals surface area contributed by atoms with Crippen LogP contribution in [0.3, 0.4) is 0 Å². The van der Waals surface area contributed by atoms with E-state index in [1.165, 1.54) is 0 Å². The summed E-state index contributed by atoms with van der Waals surface area (Å²) in [6.07, 6.45) is 6.29. The molecule has 0 radical (unpaired) electrons. The highest BCUT2D eigenvalue weighted by molar-refractivity contribution is 5.95. The van der Waals surface area contributed by atoms with Crippen molar-refractivity contribution in [2.45, 2.75) is 87.9 Å². The Morgan fingerprint density at radius 3 is 2.41 bits per heavy atom. The number of rotatable bonds is 13. The average molecular weight is 736 g/mol. The number of ether oxygens (including phenoxy) is 3. The van der Waals surface area contributed by atoms with Crippen LogP contribution in [0, 0.1) is 17.3 Å². The molecule has 3 saturated heterocycles. The molecule has 3 saturated carbocycles. The number of hydrogen-bond acceptors (Lipinski definition) is 10. The van der Waals surface area contributed by atoms with Gasteiger partial charge in [-0.1, -0.05) is 66.7 Å². The number of carbonyl (C=O) groups is 3. The smallest absolute Gasteiger partial charge is 0.327 e. The van der Waals surface area contributed by atoms with Crippen LogP contribution in [-0.4, -0.2) is 82.5 Å². The number of hydrogen-bond donors (Lipinski definition) is 4. The van der Waals surface area contributed by atoms with Gasteiger partial charge in [0.15, 0.2) is 11.8 Å². The number of benzene rings is 3. The van der Waals surface area contributed by atoms with E-state index in [2.05, 4.69) is 10.6 Å². The maximum Gasteiger partial charge on any atom is 0.327 e. The molecule has 3 aromatic rings. The summed E-state index contributed by atoms with van der Waals surface area (Å²) in [5.41, 5.74) is 2.52. The molecule has 0 aromatic heterocycles. The molecule has 3 aliphatic heterocycles. The molecule has 2 amide bonds. The van der Waals surface area contributed by atoms with Crippen molar-refractivity contribution < 1.29 is 43.6 Å². The molecular weight excluding hydrogens is 690 g/mol. The van der Waals surface area contributed by atoms with Gasteiger partial charge in [-0.25, -0.2) is 0 Å². The molecule has 12 heteroatoms. The minimum atomic E-state index is -1.31. The monoisotopic (exact) mass is 735 g/mol. The lowest BCUT2D eigenvalue weighted by Crippen LogP contribution is -2.69. The van der Waals surface area contributed by atoms with Crippen LogP contribution in [0.15, 0.2) is 78.9 Å². The summed E-state index contributed by atoms with van der Waals surface area (Å²) in [5.74, 6) is -1.11. The number of aliphatic hydroxyl groups excluding tert-OH is 1. The van der Waals surface area contributed by atoms with Crippen LogP contribution in [0.25, 0.3) is 6.08 Å². The zero-order valence-corrected chi connectivity index (χ0v) is 29.9. The van der Waals surface area contributed by atoms with E-state index in [4.69, 9.17) is 24.2 Å². The molecule has 3 aliphatic carbocycles. The Morgan fingerprint density at radius 1 is 0.907 bits per heavy atom. The molecule has 4 N–H and O–H groups in total. The van der Waals surface area contributed by atoms with Gasteiger partial charge < -0.3 is 35.1 Å². The van der Waals surface area contributed by atoms with Gasteiger partial charge in [-0.3, -0.25) is 19.2 Å². The number of nitrogens with one attached hydrogen (secondary N) is 2. The van der Waals surface area contributed by atoms with Gasteiger partial charge in [-0.05, 0) is 72.6 Å². The summed E-state index contributed by atoms with van der Waals surface area (Å²) in [5, 5.41) is 26.6. The summed E-state index contributed by atoms with van der Waals surface area (Å²) >= 11 is 0. The second-order valence-corrected chi connectivity index (χ2v) is 15.5. The number of amides is 2. The maximum atomic E-state index is 14.7. The van der Waals surface area contributed by atoms with E-state index >= 15 is 0 Å². The zero-order valence-electron chi connectivity index (χ0n) is 29.9. The van der Waals surface area contributed by atoms with Gasteiger partial charge in [0, 0.05) is 36.9 Å². The number of aromatic hydroxyl groups is 1. The SMILES string of the molecule is O=C(NCCO)c1cccc(CNC(=O)C23CC4OC(=O)C2N(Cc2ccc(C=CCc5ccccc5O)cc2)OC3C2OC(C3CC3)(C3CC3)OC42)c1. The first kappa shape index (κ1) is 35.1. The Kier molecular flexibility index (Phi) is 9.06. The molecule has 2 bridgehead atoms. The van der Waals surface area contributed by atoms with E-state index in [1.807, 2.05) is 54.6 Å². The van der Waals surface area contributed by atoms with Crippen molar-refractivity contribution in [3.8, 4) is 5.75 Å². The van der Waals surface area contributed by atoms with Crippen molar-refractivity contribution >= 4 is 23.9 Å². The Morgan fingerprint density at radius 2 is 1.67 bits per heavy atom. The van der Waals surface area contributed by atoms with E-state index in [0.29, 0.717) is 17.5 Å². The van der Waals surface area contributed by atoms with Crippen LogP contribution in [0.1, 0.15) is 64.7 Å². The molecule has 3 aromatic carbocycles. The number of phenols is 1. The Hall–Kier alpha value is -4.59. The first-order valence-electron chi connectivity index (χ1n) is 19.1. The predicted octanol–water partition coefficient (Wildman–Crippen LogP) is 3.79. The minimum Gasteiger partial charge on any atom is -0.508 e. The standard InChI is InChI=1S/C42H45N3O9/c46-20-19-43-38(48)29-9-4-6-27(21-29)23-44-40(50)41-22-33-34-35(53-42(52-34,30-15-16-30)31-17-18-31)37(41)54-45(36(41)39(49)51-33)24-26-13-11-25(12-14-26)5-3-8-28-7-1-2-10-32(28)47/h1-7,9-14,21,30-31,33-37,46-47H,8,15-20,22-24H2,(H,43,48)(H,44,50). The van der Waals surface area contributed by atoms with E-state index in [-0.39, 0.29) is 62.1 Å². The first-order chi connectivity index (χ1) is 26.3. The van der Waals surface area contributed by atoms with Gasteiger partial charge in [0.2, 0.25) is 5.91 Å². The fraction of sp³-hybridized carbons (Fsp3) is 0.452. The molecule has 6 aliphatic rings. The van der Waals surface area contributed by atoms with Crippen LogP contribution >= 0.6 is 0 Å². The summed E-state index contributed by atoms with van der Waals surface area (Å²) in [6.45, 7) is 0.326. The molecule has 3 heterocycles. The van der Waals surface area contributed by atoms with Crippen molar-refractivity contribution in [3.63, 3.8) is 0 Å². The fourth-order valence-corrected chi connectivity index (χ4v) is 9.03. The number of nitrogens with zero attached hydrogens (tertiary/aromatic N) is 1. The molecule has 9 rings (SSSR count). The van der Waals surface area contributed by atoms with Crippen molar-refractivity contribution in [1.82, 2.24) is 15.7 Å². The highest BCUT2D eigenvalue weighted by Gasteiger charge is 2.78. The fourth-order valence-electron chi connectivity index (χ4n) is 9.03. The quantitative estimate of drug-likeness (QED) is 0.191. The maximum absolute atomic E-state index is 14.7. The molecule has 282 valence electrons. The number of para-hydroxylation sites is 1. The van der Waals surface area contributed by atoms with E-state index < -0.39 is 47.6 Å². The number of aliphatic hydroxyl groups is 1. The number of fused-ring (bicyclic) bond motifs is 4. The van der Waals surface area contributed by atoms with Crippen molar-refractivity contribution in [3.05, 3.63) is 107 Å². The minimum absolute atomic E-state index is 0.124. The molecule has 0 spiro atoms. The molecule has 6 unspecified atom stereocenters. The van der Waals surface area contributed by atoms with E-state index in [1.54, 1.807) is 35.4 Å². The zero-order chi connectivity index (χ0) is 37.0. The lowest BCUT2D eigenvalue weighted by Gasteiger charge is -2.48. The molecule has 54 heavy (non-hydrogen) atoms. The third kappa shape index (κ3) is 6.19. The predicted molar refractivity (Wildman–Crippen MR) is 194 cm³/mol. The lowest BCUT2D eigenvalue weighted by molar-refractivity contribution is -0.235. The molecular formula is C42H45N3O9.